The van der Waals surface area contributed by atoms with Crippen molar-refractivity contribution >= 4 is 23.4 Å². The van der Waals surface area contributed by atoms with Crippen molar-refractivity contribution in [1.82, 2.24) is 0 Å². The fourth-order valence-electron chi connectivity index (χ4n) is 1.99. The van der Waals surface area contributed by atoms with Crippen LogP contribution in [0.5, 0.6) is 0 Å². The van der Waals surface area contributed by atoms with E-state index in [1.54, 1.807) is 5.57 Å². The van der Waals surface area contributed by atoms with Gasteiger partial charge < -0.3 is 0 Å². The zero-order valence-corrected chi connectivity index (χ0v) is 10.3. The van der Waals surface area contributed by atoms with Gasteiger partial charge >= 0.3 is 0 Å². The average molecular weight is 219 g/mol. The van der Waals surface area contributed by atoms with Crippen LogP contribution in [0.1, 0.15) is 33.1 Å². The van der Waals surface area contributed by atoms with E-state index in [1.165, 1.54) is 18.6 Å². The van der Waals surface area contributed by atoms with Gasteiger partial charge in [-0.2, -0.15) is 11.8 Å². The van der Waals surface area contributed by atoms with Gasteiger partial charge in [-0.15, -0.1) is 11.6 Å². The van der Waals surface area contributed by atoms with E-state index in [2.05, 4.69) is 26.2 Å². The summed E-state index contributed by atoms with van der Waals surface area (Å²) >= 11 is 8.10. The Morgan fingerprint density at radius 2 is 2.31 bits per heavy atom. The summed E-state index contributed by atoms with van der Waals surface area (Å²) in [4.78, 5) is 0. The summed E-state index contributed by atoms with van der Waals surface area (Å²) in [5.41, 5.74) is 1.97. The Morgan fingerprint density at radius 3 is 2.85 bits per heavy atom. The first-order chi connectivity index (χ1) is 6.03. The molecule has 0 N–H and O–H groups in total. The summed E-state index contributed by atoms with van der Waals surface area (Å²) < 4.78 is 0. The highest BCUT2D eigenvalue weighted by molar-refractivity contribution is 7.98. The zero-order valence-electron chi connectivity index (χ0n) is 8.77. The van der Waals surface area contributed by atoms with Crippen LogP contribution in [0.15, 0.2) is 11.6 Å². The molecule has 0 heterocycles. The molecule has 0 aromatic heterocycles. The van der Waals surface area contributed by atoms with Gasteiger partial charge in [-0.3, -0.25) is 0 Å². The van der Waals surface area contributed by atoms with Crippen molar-refractivity contribution in [2.24, 2.45) is 5.41 Å². The number of alkyl halides is 1. The second-order valence-corrected chi connectivity index (χ2v) is 6.18. The number of allylic oxidation sites excluding steroid dienone is 2. The molecule has 0 aromatic carbocycles. The minimum absolute atomic E-state index is 0.264. The van der Waals surface area contributed by atoms with Crippen molar-refractivity contribution in [1.29, 1.82) is 0 Å². The summed E-state index contributed by atoms with van der Waals surface area (Å²) in [7, 11) is 0. The van der Waals surface area contributed by atoms with Gasteiger partial charge in [0.25, 0.3) is 0 Å². The molecule has 0 radical (unpaired) electrons. The molecule has 0 bridgehead atoms. The summed E-state index contributed by atoms with van der Waals surface area (Å²) in [6, 6.07) is 0. The van der Waals surface area contributed by atoms with Gasteiger partial charge in [0.15, 0.2) is 0 Å². The predicted molar refractivity (Wildman–Crippen MR) is 63.7 cm³/mol. The smallest absolute Gasteiger partial charge is 0.0523 e. The zero-order chi connectivity index (χ0) is 9.90. The van der Waals surface area contributed by atoms with E-state index in [-0.39, 0.29) is 5.38 Å². The molecule has 1 atom stereocenters. The van der Waals surface area contributed by atoms with Crippen molar-refractivity contribution in [3.05, 3.63) is 11.6 Å². The van der Waals surface area contributed by atoms with E-state index >= 15 is 0 Å². The van der Waals surface area contributed by atoms with Crippen molar-refractivity contribution < 1.29 is 0 Å². The Kier molecular flexibility index (Phi) is 4.18. The number of hydrogen-bond acceptors (Lipinski definition) is 1. The molecule has 0 nitrogen and oxygen atoms in total. The third-order valence-electron chi connectivity index (χ3n) is 2.50. The summed E-state index contributed by atoms with van der Waals surface area (Å²) in [6.45, 7) is 4.63. The highest BCUT2D eigenvalue weighted by Gasteiger charge is 2.26. The molecule has 1 aliphatic carbocycles. The Balaban J connectivity index is 2.53. The van der Waals surface area contributed by atoms with Crippen LogP contribution in [0.2, 0.25) is 0 Å². The highest BCUT2D eigenvalue weighted by atomic mass is 35.5. The number of thioether (sulfide) groups is 1. The Labute approximate surface area is 91.1 Å². The van der Waals surface area contributed by atoms with E-state index in [4.69, 9.17) is 11.6 Å². The molecule has 0 saturated heterocycles. The first-order valence-corrected chi connectivity index (χ1v) is 6.69. The predicted octanol–water partition coefficient (Wildman–Crippen LogP) is 4.09. The second kappa shape index (κ2) is 4.75. The molecule has 1 unspecified atom stereocenters. The molecule has 0 saturated carbocycles. The van der Waals surface area contributed by atoms with Gasteiger partial charge in [0.1, 0.15) is 0 Å². The van der Waals surface area contributed by atoms with Crippen molar-refractivity contribution in [3.63, 3.8) is 0 Å². The molecule has 1 aliphatic rings. The van der Waals surface area contributed by atoms with Crippen LogP contribution < -0.4 is 0 Å². The van der Waals surface area contributed by atoms with Gasteiger partial charge in [0.05, 0.1) is 5.38 Å². The monoisotopic (exact) mass is 218 g/mol. The number of rotatable bonds is 3. The van der Waals surface area contributed by atoms with Gasteiger partial charge in [-0.1, -0.05) is 25.5 Å². The number of hydrogen-bond donors (Lipinski definition) is 0. The lowest BCUT2D eigenvalue weighted by Gasteiger charge is -2.32. The molecule has 0 spiro atoms. The van der Waals surface area contributed by atoms with Gasteiger partial charge in [0, 0.05) is 0 Å². The molecule has 1 rings (SSSR count). The lowest BCUT2D eigenvalue weighted by Crippen LogP contribution is -2.22. The SMILES string of the molecule is CSCCC1=CC(Cl)CC(C)(C)C1. The lowest BCUT2D eigenvalue weighted by atomic mass is 9.76. The van der Waals surface area contributed by atoms with Crippen LogP contribution in [0.3, 0.4) is 0 Å². The molecular weight excluding hydrogens is 200 g/mol. The first kappa shape index (κ1) is 11.5. The molecule has 76 valence electrons. The maximum Gasteiger partial charge on any atom is 0.0523 e. The van der Waals surface area contributed by atoms with Crippen LogP contribution in [-0.2, 0) is 0 Å². The van der Waals surface area contributed by atoms with Crippen molar-refractivity contribution in [2.75, 3.05) is 12.0 Å². The normalized spacial score (nSPS) is 27.1. The molecule has 2 heteroatoms. The van der Waals surface area contributed by atoms with E-state index in [0.29, 0.717) is 5.41 Å². The van der Waals surface area contributed by atoms with Gasteiger partial charge in [-0.05, 0) is 36.7 Å². The summed E-state index contributed by atoms with van der Waals surface area (Å²) in [6.07, 6.45) is 8.00. The number of halogens is 1. The highest BCUT2D eigenvalue weighted by Crippen LogP contribution is 2.38. The second-order valence-electron chi connectivity index (χ2n) is 4.63. The topological polar surface area (TPSA) is 0 Å². The van der Waals surface area contributed by atoms with Crippen molar-refractivity contribution in [3.8, 4) is 0 Å². The van der Waals surface area contributed by atoms with E-state index in [0.717, 1.165) is 6.42 Å². The van der Waals surface area contributed by atoms with Crippen LogP contribution in [0.25, 0.3) is 0 Å². The van der Waals surface area contributed by atoms with Crippen LogP contribution >= 0.6 is 23.4 Å². The third kappa shape index (κ3) is 3.95. The van der Waals surface area contributed by atoms with Gasteiger partial charge in [-0.25, -0.2) is 0 Å². The first-order valence-electron chi connectivity index (χ1n) is 4.86. The standard InChI is InChI=1S/C11H19ClS/c1-11(2)7-9(4-5-13-3)6-10(12)8-11/h6,10H,4-5,7-8H2,1-3H3. The van der Waals surface area contributed by atoms with Crippen molar-refractivity contribution in [2.45, 2.75) is 38.5 Å². The fraction of sp³-hybridized carbons (Fsp3) is 0.818. The molecule has 0 aromatic rings. The minimum Gasteiger partial charge on any atom is -0.165 e. The Morgan fingerprint density at radius 1 is 1.62 bits per heavy atom. The van der Waals surface area contributed by atoms with E-state index in [1.807, 2.05) is 11.8 Å². The molecule has 0 amide bonds. The molecular formula is C11H19ClS. The maximum atomic E-state index is 6.19. The van der Waals surface area contributed by atoms with E-state index in [9.17, 15) is 0 Å². The Bertz CT molecular complexity index is 196. The van der Waals surface area contributed by atoms with Crippen LogP contribution in [0.4, 0.5) is 0 Å². The molecule has 0 aliphatic heterocycles. The van der Waals surface area contributed by atoms with E-state index < -0.39 is 0 Å². The average Bonchev–Trinajstić information content (AvgIpc) is 1.97. The van der Waals surface area contributed by atoms with Crippen LogP contribution in [-0.4, -0.2) is 17.4 Å². The minimum atomic E-state index is 0.264. The van der Waals surface area contributed by atoms with Crippen LogP contribution in [0, 0.1) is 5.41 Å². The summed E-state index contributed by atoms with van der Waals surface area (Å²) in [5.74, 6) is 1.23. The van der Waals surface area contributed by atoms with Gasteiger partial charge in [0.2, 0.25) is 0 Å². The largest absolute Gasteiger partial charge is 0.165 e. The lowest BCUT2D eigenvalue weighted by molar-refractivity contribution is 0.320. The maximum absolute atomic E-state index is 6.19. The fourth-order valence-corrected chi connectivity index (χ4v) is 3.06. The summed E-state index contributed by atoms with van der Waals surface area (Å²) in [5, 5.41) is 0.264. The quantitative estimate of drug-likeness (QED) is 0.508. The molecule has 0 fully saturated rings. The Hall–Kier alpha value is 0.380. The third-order valence-corrected chi connectivity index (χ3v) is 3.39. The molecule has 13 heavy (non-hydrogen) atoms.